The maximum Gasteiger partial charge on any atom is 0.269 e. The smallest absolute Gasteiger partial charge is 0.269 e. The van der Waals surface area contributed by atoms with Crippen LogP contribution in [0.2, 0.25) is 0 Å². The lowest BCUT2D eigenvalue weighted by Crippen LogP contribution is -2.15. The van der Waals surface area contributed by atoms with Crippen LogP contribution in [-0.4, -0.2) is 20.6 Å². The Morgan fingerprint density at radius 3 is 2.54 bits per heavy atom. The van der Waals surface area contributed by atoms with Crippen LogP contribution < -0.4 is 5.32 Å². The van der Waals surface area contributed by atoms with Gasteiger partial charge in [0.1, 0.15) is 11.6 Å². The average molecular weight is 419 g/mol. The molecule has 1 amide bonds. The number of benzene rings is 2. The van der Waals surface area contributed by atoms with Crippen LogP contribution in [0.1, 0.15) is 16.1 Å². The minimum atomic E-state index is -0.537. The number of aryl methyl sites for hydroxylation is 1. The van der Waals surface area contributed by atoms with Crippen LogP contribution >= 0.6 is 15.9 Å². The van der Waals surface area contributed by atoms with Gasteiger partial charge < -0.3 is 5.32 Å². The summed E-state index contributed by atoms with van der Waals surface area (Å²) < 4.78 is 15.4. The quantitative estimate of drug-likeness (QED) is 0.506. The van der Waals surface area contributed by atoms with Crippen molar-refractivity contribution in [3.63, 3.8) is 0 Å². The minimum absolute atomic E-state index is 0.0483. The Morgan fingerprint density at radius 1 is 1.23 bits per heavy atom. The molecule has 0 radical (unpaired) electrons. The molecule has 0 unspecified atom stereocenters. The van der Waals surface area contributed by atoms with E-state index in [9.17, 15) is 19.3 Å². The molecule has 2 aromatic carbocycles. The first-order chi connectivity index (χ1) is 12.3. The van der Waals surface area contributed by atoms with Gasteiger partial charge in [0.25, 0.3) is 11.6 Å². The highest BCUT2D eigenvalue weighted by Gasteiger charge is 2.14. The molecule has 1 aromatic heterocycles. The predicted octanol–water partition coefficient (Wildman–Crippen LogP) is 4.24. The average Bonchev–Trinajstić information content (AvgIpc) is 2.94. The van der Waals surface area contributed by atoms with Gasteiger partial charge in [0.05, 0.1) is 16.3 Å². The van der Waals surface area contributed by atoms with Gasteiger partial charge in [-0.15, -0.1) is 0 Å². The second-order valence-electron chi connectivity index (χ2n) is 5.47. The molecule has 3 aromatic rings. The lowest BCUT2D eigenvalue weighted by atomic mass is 10.2. The number of amides is 1. The summed E-state index contributed by atoms with van der Waals surface area (Å²) in [7, 11) is 0. The number of non-ortho nitro benzene ring substituents is 1. The van der Waals surface area contributed by atoms with E-state index in [0.29, 0.717) is 21.7 Å². The highest BCUT2D eigenvalue weighted by molar-refractivity contribution is 9.10. The maximum atomic E-state index is 13.5. The lowest BCUT2D eigenvalue weighted by Gasteiger charge is -2.09. The highest BCUT2D eigenvalue weighted by atomic mass is 79.9. The molecule has 0 saturated heterocycles. The molecule has 0 spiro atoms. The van der Waals surface area contributed by atoms with Crippen molar-refractivity contribution >= 4 is 33.3 Å². The van der Waals surface area contributed by atoms with Crippen molar-refractivity contribution in [3.05, 3.63) is 80.2 Å². The predicted molar refractivity (Wildman–Crippen MR) is 97.0 cm³/mol. The zero-order chi connectivity index (χ0) is 18.8. The third-order valence-electron chi connectivity index (χ3n) is 3.50. The van der Waals surface area contributed by atoms with Gasteiger partial charge >= 0.3 is 0 Å². The molecule has 1 heterocycles. The van der Waals surface area contributed by atoms with Gasteiger partial charge in [-0.3, -0.25) is 14.9 Å². The van der Waals surface area contributed by atoms with Crippen LogP contribution in [0.5, 0.6) is 0 Å². The number of nitrogens with zero attached hydrogens (tertiary/aromatic N) is 3. The van der Waals surface area contributed by atoms with Crippen molar-refractivity contribution in [1.29, 1.82) is 0 Å². The van der Waals surface area contributed by atoms with E-state index >= 15 is 0 Å². The number of hydrogen-bond acceptors (Lipinski definition) is 4. The van der Waals surface area contributed by atoms with Crippen LogP contribution in [0.4, 0.5) is 15.9 Å². The number of carbonyl (C=O) groups is 1. The number of aromatic nitrogens is 2. The molecule has 0 atom stereocenters. The summed E-state index contributed by atoms with van der Waals surface area (Å²) in [5, 5.41) is 17.7. The first-order valence-electron chi connectivity index (χ1n) is 7.42. The van der Waals surface area contributed by atoms with Crippen molar-refractivity contribution in [3.8, 4) is 5.69 Å². The summed E-state index contributed by atoms with van der Waals surface area (Å²) in [6.07, 6.45) is 0. The Morgan fingerprint density at radius 2 is 1.92 bits per heavy atom. The number of nitro groups is 1. The molecule has 9 heteroatoms. The Kier molecular flexibility index (Phi) is 4.81. The Hall–Kier alpha value is -3.07. The normalized spacial score (nSPS) is 10.6. The molecule has 1 N–H and O–H groups in total. The van der Waals surface area contributed by atoms with Crippen molar-refractivity contribution in [2.45, 2.75) is 6.92 Å². The van der Waals surface area contributed by atoms with E-state index in [2.05, 4.69) is 26.3 Å². The number of carbonyl (C=O) groups excluding carboxylic acids is 1. The van der Waals surface area contributed by atoms with Crippen LogP contribution in [0, 0.1) is 22.9 Å². The molecular weight excluding hydrogens is 407 g/mol. The standard InChI is InChI=1S/C17H12BrFN4O3/c1-10-6-16(20-17(24)11-7-12(18)9-13(19)8-11)22(21-10)14-2-4-15(5-3-14)23(25)26/h2-9H,1H3,(H,20,24). The van der Waals surface area contributed by atoms with E-state index in [1.807, 2.05) is 0 Å². The summed E-state index contributed by atoms with van der Waals surface area (Å²) in [5.74, 6) is -0.681. The zero-order valence-corrected chi connectivity index (χ0v) is 15.0. The van der Waals surface area contributed by atoms with Gasteiger partial charge in [-0.25, -0.2) is 9.07 Å². The molecular formula is C17H12BrFN4O3. The van der Waals surface area contributed by atoms with Gasteiger partial charge in [-0.1, -0.05) is 15.9 Å². The fourth-order valence-electron chi connectivity index (χ4n) is 2.37. The number of hydrogen-bond donors (Lipinski definition) is 1. The van der Waals surface area contributed by atoms with E-state index in [-0.39, 0.29) is 11.3 Å². The van der Waals surface area contributed by atoms with Gasteiger partial charge in [0.15, 0.2) is 0 Å². The molecule has 0 fully saturated rings. The summed E-state index contributed by atoms with van der Waals surface area (Å²) in [6, 6.07) is 11.3. The summed E-state index contributed by atoms with van der Waals surface area (Å²) in [4.78, 5) is 22.7. The summed E-state index contributed by atoms with van der Waals surface area (Å²) in [6.45, 7) is 1.75. The molecule has 0 aliphatic heterocycles. The van der Waals surface area contributed by atoms with Crippen LogP contribution in [0.3, 0.4) is 0 Å². The fourth-order valence-corrected chi connectivity index (χ4v) is 2.84. The Balaban J connectivity index is 1.91. The van der Waals surface area contributed by atoms with Crippen LogP contribution in [-0.2, 0) is 0 Å². The first kappa shape index (κ1) is 17.7. The Labute approximate surface area is 155 Å². The van der Waals surface area contributed by atoms with Crippen molar-refractivity contribution in [2.24, 2.45) is 0 Å². The number of rotatable bonds is 4. The molecule has 7 nitrogen and oxygen atoms in total. The topological polar surface area (TPSA) is 90.1 Å². The molecule has 0 saturated carbocycles. The maximum absolute atomic E-state index is 13.5. The van der Waals surface area contributed by atoms with Crippen LogP contribution in [0.15, 0.2) is 53.0 Å². The first-order valence-corrected chi connectivity index (χ1v) is 8.22. The highest BCUT2D eigenvalue weighted by Crippen LogP contribution is 2.21. The number of nitro benzene ring substituents is 1. The van der Waals surface area contributed by atoms with Gasteiger partial charge in [0, 0.05) is 28.2 Å². The van der Waals surface area contributed by atoms with Crippen molar-refractivity contribution < 1.29 is 14.1 Å². The number of anilines is 1. The summed E-state index contributed by atoms with van der Waals surface area (Å²) in [5.41, 5.74) is 1.28. The van der Waals surface area contributed by atoms with E-state index in [1.165, 1.54) is 41.1 Å². The third-order valence-corrected chi connectivity index (χ3v) is 3.96. The SMILES string of the molecule is Cc1cc(NC(=O)c2cc(F)cc(Br)c2)n(-c2ccc([N+](=O)[O-])cc2)n1. The van der Waals surface area contributed by atoms with Crippen LogP contribution in [0.25, 0.3) is 5.69 Å². The van der Waals surface area contributed by atoms with Crippen molar-refractivity contribution in [1.82, 2.24) is 9.78 Å². The summed E-state index contributed by atoms with van der Waals surface area (Å²) >= 11 is 3.15. The van der Waals surface area contributed by atoms with E-state index < -0.39 is 16.6 Å². The monoisotopic (exact) mass is 418 g/mol. The Bertz CT molecular complexity index is 981. The van der Waals surface area contributed by atoms with E-state index in [0.717, 1.165) is 6.07 Å². The lowest BCUT2D eigenvalue weighted by molar-refractivity contribution is -0.384. The minimum Gasteiger partial charge on any atom is -0.306 e. The van der Waals surface area contributed by atoms with Gasteiger partial charge in [-0.2, -0.15) is 5.10 Å². The second kappa shape index (κ2) is 7.04. The zero-order valence-electron chi connectivity index (χ0n) is 13.4. The molecule has 0 aliphatic carbocycles. The van der Waals surface area contributed by atoms with E-state index in [1.54, 1.807) is 13.0 Å². The second-order valence-corrected chi connectivity index (χ2v) is 6.38. The van der Waals surface area contributed by atoms with Crippen molar-refractivity contribution in [2.75, 3.05) is 5.32 Å². The number of nitrogens with one attached hydrogen (secondary N) is 1. The molecule has 0 aliphatic rings. The molecule has 3 rings (SSSR count). The molecule has 26 heavy (non-hydrogen) atoms. The molecule has 0 bridgehead atoms. The fraction of sp³-hybridized carbons (Fsp3) is 0.0588. The van der Waals surface area contributed by atoms with Gasteiger partial charge in [-0.05, 0) is 37.3 Å². The molecule has 132 valence electrons. The van der Waals surface area contributed by atoms with Gasteiger partial charge in [0.2, 0.25) is 0 Å². The number of halogens is 2. The van der Waals surface area contributed by atoms with E-state index in [4.69, 9.17) is 0 Å². The third kappa shape index (κ3) is 3.77. The largest absolute Gasteiger partial charge is 0.306 e.